The van der Waals surface area contributed by atoms with Crippen LogP contribution in [0.3, 0.4) is 0 Å². The van der Waals surface area contributed by atoms with Gasteiger partial charge in [-0.3, -0.25) is 14.6 Å². The second kappa shape index (κ2) is 9.44. The maximum absolute atomic E-state index is 13.0. The second-order valence-electron chi connectivity index (χ2n) is 7.78. The van der Waals surface area contributed by atoms with Crippen molar-refractivity contribution < 1.29 is 9.59 Å². The fourth-order valence-corrected chi connectivity index (χ4v) is 3.85. The van der Waals surface area contributed by atoms with E-state index < -0.39 is 0 Å². The number of hydrogen-bond donors (Lipinski definition) is 1. The Morgan fingerprint density at radius 2 is 1.88 bits per heavy atom. The van der Waals surface area contributed by atoms with Crippen molar-refractivity contribution in [3.8, 4) is 0 Å². The van der Waals surface area contributed by atoms with Gasteiger partial charge in [-0.15, -0.1) is 0 Å². The van der Waals surface area contributed by atoms with Crippen molar-refractivity contribution in [3.05, 3.63) is 93.1 Å². The topological polar surface area (TPSA) is 74.7 Å². The minimum Gasteiger partial charge on any atom is -0.358 e. The minimum atomic E-state index is -0.288. The number of halogens is 1. The Balaban J connectivity index is 1.52. The molecule has 2 aromatic carbocycles. The molecular weight excluding hydrogens is 468 g/mol. The number of likely N-dealkylation sites (N-methyl/N-ethyl adjacent to an activating group) is 1. The van der Waals surface area contributed by atoms with Crippen LogP contribution in [-0.2, 0) is 6.42 Å². The molecule has 0 atom stereocenters. The highest BCUT2D eigenvalue weighted by atomic mass is 79.9. The van der Waals surface area contributed by atoms with Crippen LogP contribution in [-0.4, -0.2) is 47.5 Å². The largest absolute Gasteiger partial charge is 0.358 e. The van der Waals surface area contributed by atoms with Crippen LogP contribution < -0.4 is 5.32 Å². The molecule has 3 aromatic rings. The molecule has 0 spiro atoms. The molecular formula is C25H23BrN4O2. The number of nitrogens with zero attached hydrogens (tertiary/aromatic N) is 3. The van der Waals surface area contributed by atoms with Crippen molar-refractivity contribution in [2.24, 2.45) is 4.99 Å². The van der Waals surface area contributed by atoms with Gasteiger partial charge in [0.15, 0.2) is 5.78 Å². The summed E-state index contributed by atoms with van der Waals surface area (Å²) in [5.41, 5.74) is 3.71. The Morgan fingerprint density at radius 1 is 1.09 bits per heavy atom. The Bertz CT molecular complexity index is 1190. The number of amidine groups is 1. The molecule has 1 aliphatic rings. The number of amides is 1. The standard InChI is InChI=1S/C25H23BrN4O2/c1-16-3-4-19(21(13-16)25(32)29-23-10-9-20(26)15-28-23)14-22(31)17-5-7-18(8-6-17)24-27-11-12-30(24)2/h3-10,13,15H,11-12,14H2,1-2H3,(H,28,29,32). The van der Waals surface area contributed by atoms with Gasteiger partial charge in [0.1, 0.15) is 11.7 Å². The molecule has 0 unspecified atom stereocenters. The van der Waals surface area contributed by atoms with Crippen LogP contribution in [0.5, 0.6) is 0 Å². The molecule has 6 nitrogen and oxygen atoms in total. The molecule has 2 heterocycles. The molecule has 1 aromatic heterocycles. The van der Waals surface area contributed by atoms with Gasteiger partial charge in [-0.05, 0) is 46.6 Å². The number of benzene rings is 2. The average Bonchev–Trinajstić information content (AvgIpc) is 3.22. The maximum atomic E-state index is 13.0. The van der Waals surface area contributed by atoms with E-state index in [1.807, 2.05) is 56.4 Å². The van der Waals surface area contributed by atoms with E-state index in [0.717, 1.165) is 34.5 Å². The molecule has 0 bridgehead atoms. The van der Waals surface area contributed by atoms with Crippen molar-refractivity contribution in [1.82, 2.24) is 9.88 Å². The van der Waals surface area contributed by atoms with E-state index in [2.05, 4.69) is 36.1 Å². The van der Waals surface area contributed by atoms with Gasteiger partial charge in [0, 0.05) is 47.4 Å². The van der Waals surface area contributed by atoms with Crippen LogP contribution in [0.25, 0.3) is 0 Å². The molecule has 4 rings (SSSR count). The third-order valence-electron chi connectivity index (χ3n) is 5.35. The van der Waals surface area contributed by atoms with Crippen LogP contribution >= 0.6 is 15.9 Å². The number of anilines is 1. The Kier molecular flexibility index (Phi) is 6.46. The quantitative estimate of drug-likeness (QED) is 0.515. The molecule has 0 radical (unpaired) electrons. The highest BCUT2D eigenvalue weighted by Crippen LogP contribution is 2.19. The van der Waals surface area contributed by atoms with E-state index in [9.17, 15) is 9.59 Å². The van der Waals surface area contributed by atoms with E-state index in [-0.39, 0.29) is 18.1 Å². The zero-order valence-electron chi connectivity index (χ0n) is 17.9. The summed E-state index contributed by atoms with van der Waals surface area (Å²) in [6.45, 7) is 3.62. The van der Waals surface area contributed by atoms with E-state index in [1.165, 1.54) is 0 Å². The number of aryl methyl sites for hydroxylation is 1. The highest BCUT2D eigenvalue weighted by Gasteiger charge is 2.18. The van der Waals surface area contributed by atoms with E-state index >= 15 is 0 Å². The molecule has 162 valence electrons. The summed E-state index contributed by atoms with van der Waals surface area (Å²) in [5.74, 6) is 1.07. The fourth-order valence-electron chi connectivity index (χ4n) is 3.61. The molecule has 7 heteroatoms. The third-order valence-corrected chi connectivity index (χ3v) is 5.82. The first-order chi connectivity index (χ1) is 15.4. The second-order valence-corrected chi connectivity index (χ2v) is 8.70. The number of rotatable bonds is 6. The molecule has 0 saturated carbocycles. The van der Waals surface area contributed by atoms with E-state index in [4.69, 9.17) is 0 Å². The van der Waals surface area contributed by atoms with Gasteiger partial charge >= 0.3 is 0 Å². The van der Waals surface area contributed by atoms with Gasteiger partial charge in [0.05, 0.1) is 6.54 Å². The molecule has 0 fully saturated rings. The fraction of sp³-hybridized carbons (Fsp3) is 0.200. The Hall–Kier alpha value is -3.32. The number of carbonyl (C=O) groups is 2. The van der Waals surface area contributed by atoms with Gasteiger partial charge in [-0.1, -0.05) is 42.0 Å². The summed E-state index contributed by atoms with van der Waals surface area (Å²) < 4.78 is 0.829. The average molecular weight is 491 g/mol. The number of aliphatic imine (C=N–C) groups is 1. The lowest BCUT2D eigenvalue weighted by atomic mass is 9.96. The van der Waals surface area contributed by atoms with Gasteiger partial charge in [0.25, 0.3) is 5.91 Å². The zero-order valence-corrected chi connectivity index (χ0v) is 19.5. The normalized spacial score (nSPS) is 13.1. The van der Waals surface area contributed by atoms with Crippen LogP contribution in [0.2, 0.25) is 0 Å². The summed E-state index contributed by atoms with van der Waals surface area (Å²) in [5, 5.41) is 2.81. The Labute approximate surface area is 195 Å². The lowest BCUT2D eigenvalue weighted by molar-refractivity contribution is 0.0992. The molecule has 1 amide bonds. The minimum absolute atomic E-state index is 0.0436. The summed E-state index contributed by atoms with van der Waals surface area (Å²) >= 11 is 3.33. The molecule has 0 aliphatic carbocycles. The Morgan fingerprint density at radius 3 is 2.53 bits per heavy atom. The van der Waals surface area contributed by atoms with E-state index in [0.29, 0.717) is 22.5 Å². The number of carbonyl (C=O) groups excluding carboxylic acids is 2. The number of Topliss-reactive ketones (excluding diaryl/α,β-unsaturated/α-hetero) is 1. The summed E-state index contributed by atoms with van der Waals surface area (Å²) in [7, 11) is 2.01. The maximum Gasteiger partial charge on any atom is 0.257 e. The van der Waals surface area contributed by atoms with Crippen LogP contribution in [0.4, 0.5) is 5.82 Å². The van der Waals surface area contributed by atoms with E-state index in [1.54, 1.807) is 18.3 Å². The van der Waals surface area contributed by atoms with Crippen LogP contribution in [0.15, 0.2) is 70.3 Å². The van der Waals surface area contributed by atoms with Crippen LogP contribution in [0.1, 0.15) is 37.4 Å². The van der Waals surface area contributed by atoms with Gasteiger partial charge < -0.3 is 10.2 Å². The van der Waals surface area contributed by atoms with Crippen molar-refractivity contribution >= 4 is 39.3 Å². The summed E-state index contributed by atoms with van der Waals surface area (Å²) in [6, 6.07) is 16.6. The van der Waals surface area contributed by atoms with Gasteiger partial charge in [-0.2, -0.15) is 0 Å². The monoisotopic (exact) mass is 490 g/mol. The first-order valence-corrected chi connectivity index (χ1v) is 11.1. The predicted molar refractivity (Wildman–Crippen MR) is 130 cm³/mol. The SMILES string of the molecule is Cc1ccc(CC(=O)c2ccc(C3=NCCN3C)cc2)c(C(=O)Nc2ccc(Br)cn2)c1. The first kappa shape index (κ1) is 21.9. The number of hydrogen-bond acceptors (Lipinski definition) is 5. The lowest BCUT2D eigenvalue weighted by Crippen LogP contribution is -2.23. The van der Waals surface area contributed by atoms with Crippen molar-refractivity contribution in [2.45, 2.75) is 13.3 Å². The van der Waals surface area contributed by atoms with Crippen molar-refractivity contribution in [2.75, 3.05) is 25.5 Å². The lowest BCUT2D eigenvalue weighted by Gasteiger charge is -2.14. The number of aromatic nitrogens is 1. The van der Waals surface area contributed by atoms with Gasteiger partial charge in [-0.25, -0.2) is 4.98 Å². The molecule has 0 saturated heterocycles. The summed E-state index contributed by atoms with van der Waals surface area (Å²) in [4.78, 5) is 36.7. The number of nitrogens with one attached hydrogen (secondary N) is 1. The molecule has 1 N–H and O–H groups in total. The van der Waals surface area contributed by atoms with Crippen molar-refractivity contribution in [1.29, 1.82) is 0 Å². The molecule has 32 heavy (non-hydrogen) atoms. The number of pyridine rings is 1. The summed E-state index contributed by atoms with van der Waals surface area (Å²) in [6.07, 6.45) is 1.76. The predicted octanol–water partition coefficient (Wildman–Crippen LogP) is 4.52. The van der Waals surface area contributed by atoms with Gasteiger partial charge in [0.2, 0.25) is 0 Å². The molecule has 1 aliphatic heterocycles. The zero-order chi connectivity index (χ0) is 22.7. The smallest absolute Gasteiger partial charge is 0.257 e. The first-order valence-electron chi connectivity index (χ1n) is 10.3. The van der Waals surface area contributed by atoms with Crippen molar-refractivity contribution in [3.63, 3.8) is 0 Å². The third kappa shape index (κ3) is 4.94. The highest BCUT2D eigenvalue weighted by molar-refractivity contribution is 9.10. The van der Waals surface area contributed by atoms with Crippen LogP contribution in [0, 0.1) is 6.92 Å². The number of ketones is 1.